The van der Waals surface area contributed by atoms with Crippen molar-refractivity contribution in [3.05, 3.63) is 78.1 Å². The Balaban J connectivity index is 1.35. The van der Waals surface area contributed by atoms with Crippen LogP contribution in [-0.4, -0.2) is 33.0 Å². The van der Waals surface area contributed by atoms with Gasteiger partial charge in [0.2, 0.25) is 0 Å². The summed E-state index contributed by atoms with van der Waals surface area (Å²) in [4.78, 5) is 0. The van der Waals surface area contributed by atoms with Crippen molar-refractivity contribution in [3.8, 4) is 11.4 Å². The topological polar surface area (TPSA) is 64.3 Å². The van der Waals surface area contributed by atoms with Crippen LogP contribution in [0, 0.1) is 5.82 Å². The summed E-state index contributed by atoms with van der Waals surface area (Å²) in [6.45, 7) is 3.39. The Morgan fingerprint density at radius 2 is 1.79 bits per heavy atom. The Morgan fingerprint density at radius 3 is 2.62 bits per heavy atom. The zero-order valence-electron chi connectivity index (χ0n) is 16.1. The number of nitrogens with zero attached hydrogens (tertiary/aromatic N) is 4. The lowest BCUT2D eigenvalue weighted by atomic mass is 10.1. The summed E-state index contributed by atoms with van der Waals surface area (Å²) in [7, 11) is 0. The Bertz CT molecular complexity index is 1080. The summed E-state index contributed by atoms with van der Waals surface area (Å²) in [5, 5.41) is 15.9. The number of hydrogen-bond donors (Lipinski definition) is 1. The summed E-state index contributed by atoms with van der Waals surface area (Å²) in [5.74, 6) is 0.694. The summed E-state index contributed by atoms with van der Waals surface area (Å²) < 4.78 is 21.6. The van der Waals surface area contributed by atoms with E-state index in [-0.39, 0.29) is 11.9 Å². The van der Waals surface area contributed by atoms with E-state index >= 15 is 0 Å². The number of fused-ring (bicyclic) bond motifs is 1. The maximum absolute atomic E-state index is 14.1. The van der Waals surface area contributed by atoms with Gasteiger partial charge in [-0.3, -0.25) is 0 Å². The standard InChI is InChI=1S/C22H22FN5O/c1-16(17-8-3-2-4-9-17)29-15-7-14-24-20-12-13-21-25-26-22(28(21)27-20)18-10-5-6-11-19(18)23/h2-6,8-13,16H,7,14-15H2,1H3,(H,24,27). The fourth-order valence-electron chi connectivity index (χ4n) is 3.06. The van der Waals surface area contributed by atoms with E-state index in [4.69, 9.17) is 4.74 Å². The number of halogens is 1. The van der Waals surface area contributed by atoms with Gasteiger partial charge in [0, 0.05) is 13.2 Å². The van der Waals surface area contributed by atoms with Gasteiger partial charge < -0.3 is 10.1 Å². The molecule has 0 spiro atoms. The molecule has 1 atom stereocenters. The zero-order valence-corrected chi connectivity index (χ0v) is 16.1. The van der Waals surface area contributed by atoms with Gasteiger partial charge in [-0.15, -0.1) is 15.3 Å². The van der Waals surface area contributed by atoms with E-state index in [0.29, 0.717) is 36.0 Å². The molecule has 1 N–H and O–H groups in total. The molecule has 0 aliphatic heterocycles. The molecule has 4 aromatic rings. The van der Waals surface area contributed by atoms with Crippen molar-refractivity contribution >= 4 is 11.5 Å². The monoisotopic (exact) mass is 391 g/mol. The Kier molecular flexibility index (Phi) is 5.76. The molecule has 2 aromatic carbocycles. The second kappa shape index (κ2) is 8.79. The number of ether oxygens (including phenoxy) is 1. The average molecular weight is 391 g/mol. The molecule has 7 heteroatoms. The minimum absolute atomic E-state index is 0.0611. The van der Waals surface area contributed by atoms with Gasteiger partial charge in [0.05, 0.1) is 11.7 Å². The van der Waals surface area contributed by atoms with Gasteiger partial charge in [0.15, 0.2) is 11.5 Å². The number of nitrogens with one attached hydrogen (secondary N) is 1. The molecule has 0 radical (unpaired) electrons. The van der Waals surface area contributed by atoms with Gasteiger partial charge in [-0.2, -0.15) is 4.52 Å². The number of hydrogen-bond acceptors (Lipinski definition) is 5. The largest absolute Gasteiger partial charge is 0.374 e. The van der Waals surface area contributed by atoms with E-state index in [9.17, 15) is 4.39 Å². The molecular weight excluding hydrogens is 369 g/mol. The second-order valence-corrected chi connectivity index (χ2v) is 6.70. The summed E-state index contributed by atoms with van der Waals surface area (Å²) in [5.41, 5.74) is 2.10. The number of anilines is 1. The van der Waals surface area contributed by atoms with Crippen LogP contribution in [0.25, 0.3) is 17.0 Å². The molecule has 6 nitrogen and oxygen atoms in total. The van der Waals surface area contributed by atoms with Crippen LogP contribution in [0.2, 0.25) is 0 Å². The maximum Gasteiger partial charge on any atom is 0.188 e. The third-order valence-electron chi connectivity index (χ3n) is 4.64. The summed E-state index contributed by atoms with van der Waals surface area (Å²) in [6, 6.07) is 20.3. The second-order valence-electron chi connectivity index (χ2n) is 6.70. The van der Waals surface area contributed by atoms with Gasteiger partial charge >= 0.3 is 0 Å². The predicted octanol–water partition coefficient (Wildman–Crippen LogP) is 4.51. The van der Waals surface area contributed by atoms with Gasteiger partial charge in [-0.1, -0.05) is 42.5 Å². The predicted molar refractivity (Wildman–Crippen MR) is 110 cm³/mol. The van der Waals surface area contributed by atoms with Crippen molar-refractivity contribution in [1.29, 1.82) is 0 Å². The van der Waals surface area contributed by atoms with Crippen LogP contribution in [0.4, 0.5) is 10.2 Å². The fraction of sp³-hybridized carbons (Fsp3) is 0.227. The summed E-state index contributed by atoms with van der Waals surface area (Å²) in [6.07, 6.45) is 0.894. The SMILES string of the molecule is CC(OCCCNc1ccc2nnc(-c3ccccc3F)n2n1)c1ccccc1. The maximum atomic E-state index is 14.1. The van der Waals surface area contributed by atoms with Crippen LogP contribution >= 0.6 is 0 Å². The van der Waals surface area contributed by atoms with E-state index in [2.05, 4.69) is 39.7 Å². The molecule has 148 valence electrons. The molecule has 0 aliphatic rings. The van der Waals surface area contributed by atoms with Crippen molar-refractivity contribution in [2.75, 3.05) is 18.5 Å². The Labute approximate surface area is 168 Å². The lowest BCUT2D eigenvalue weighted by Crippen LogP contribution is -2.10. The fourth-order valence-corrected chi connectivity index (χ4v) is 3.06. The zero-order chi connectivity index (χ0) is 20.1. The number of benzene rings is 2. The number of aromatic nitrogens is 4. The van der Waals surface area contributed by atoms with Crippen LogP contribution in [0.5, 0.6) is 0 Å². The highest BCUT2D eigenvalue weighted by Gasteiger charge is 2.13. The van der Waals surface area contributed by atoms with Gasteiger partial charge in [0.1, 0.15) is 11.6 Å². The van der Waals surface area contributed by atoms with Crippen LogP contribution in [-0.2, 0) is 4.74 Å². The first-order valence-electron chi connectivity index (χ1n) is 9.60. The van der Waals surface area contributed by atoms with E-state index in [1.165, 1.54) is 11.6 Å². The minimum Gasteiger partial charge on any atom is -0.374 e. The summed E-state index contributed by atoms with van der Waals surface area (Å²) >= 11 is 0. The highest BCUT2D eigenvalue weighted by atomic mass is 19.1. The van der Waals surface area contributed by atoms with Gasteiger partial charge in [-0.05, 0) is 43.2 Å². The van der Waals surface area contributed by atoms with Crippen molar-refractivity contribution in [2.24, 2.45) is 0 Å². The molecule has 2 heterocycles. The van der Waals surface area contributed by atoms with Crippen molar-refractivity contribution in [2.45, 2.75) is 19.4 Å². The van der Waals surface area contributed by atoms with E-state index in [1.807, 2.05) is 24.3 Å². The van der Waals surface area contributed by atoms with E-state index in [0.717, 1.165) is 6.42 Å². The molecular formula is C22H22FN5O. The lowest BCUT2D eigenvalue weighted by Gasteiger charge is -2.13. The van der Waals surface area contributed by atoms with Crippen molar-refractivity contribution in [1.82, 2.24) is 19.8 Å². The highest BCUT2D eigenvalue weighted by molar-refractivity contribution is 5.60. The molecule has 2 aromatic heterocycles. The number of rotatable bonds is 8. The van der Waals surface area contributed by atoms with Gasteiger partial charge in [0.25, 0.3) is 0 Å². The molecule has 0 saturated heterocycles. The molecule has 4 rings (SSSR count). The van der Waals surface area contributed by atoms with Crippen LogP contribution in [0.1, 0.15) is 25.0 Å². The van der Waals surface area contributed by atoms with Crippen molar-refractivity contribution < 1.29 is 9.13 Å². The molecule has 0 fully saturated rings. The Morgan fingerprint density at radius 1 is 1.00 bits per heavy atom. The van der Waals surface area contributed by atoms with Crippen molar-refractivity contribution in [3.63, 3.8) is 0 Å². The quantitative estimate of drug-likeness (QED) is 0.448. The smallest absolute Gasteiger partial charge is 0.188 e. The van der Waals surface area contributed by atoms with Crippen LogP contribution in [0.15, 0.2) is 66.7 Å². The van der Waals surface area contributed by atoms with Crippen LogP contribution in [0.3, 0.4) is 0 Å². The highest BCUT2D eigenvalue weighted by Crippen LogP contribution is 2.21. The van der Waals surface area contributed by atoms with Crippen LogP contribution < -0.4 is 5.32 Å². The average Bonchev–Trinajstić information content (AvgIpc) is 3.17. The molecule has 0 bridgehead atoms. The first kappa shape index (κ1) is 19.0. The molecule has 0 amide bonds. The Hall–Kier alpha value is -3.32. The van der Waals surface area contributed by atoms with E-state index in [1.54, 1.807) is 28.8 Å². The third kappa shape index (κ3) is 4.41. The first-order valence-corrected chi connectivity index (χ1v) is 9.60. The molecule has 1 unspecified atom stereocenters. The molecule has 0 aliphatic carbocycles. The third-order valence-corrected chi connectivity index (χ3v) is 4.64. The first-order chi connectivity index (χ1) is 14.2. The normalized spacial score (nSPS) is 12.2. The molecule has 29 heavy (non-hydrogen) atoms. The molecule has 0 saturated carbocycles. The lowest BCUT2D eigenvalue weighted by molar-refractivity contribution is 0.0656. The van der Waals surface area contributed by atoms with Gasteiger partial charge in [-0.25, -0.2) is 4.39 Å². The minimum atomic E-state index is -0.355. The van der Waals surface area contributed by atoms with E-state index < -0.39 is 0 Å².